The largest absolute Gasteiger partial charge is 0.507 e. The number of rotatable bonds is 12. The van der Waals surface area contributed by atoms with Gasteiger partial charge in [0, 0.05) is 11.5 Å². The van der Waals surface area contributed by atoms with Crippen LogP contribution in [0.5, 0.6) is 0 Å². The summed E-state index contributed by atoms with van der Waals surface area (Å²) in [5.74, 6) is -2.21. The zero-order valence-electron chi connectivity index (χ0n) is 25.4. The van der Waals surface area contributed by atoms with Crippen molar-refractivity contribution in [3.63, 3.8) is 0 Å². The molecule has 1 N–H and O–H groups in total. The van der Waals surface area contributed by atoms with Crippen LogP contribution in [0.25, 0.3) is 0 Å². The molecule has 0 saturated carbocycles. The minimum atomic E-state index is -1.22. The molecule has 0 aromatic rings. The number of carbonyl (C=O) groups excluding carboxylic acids is 3. The third-order valence-electron chi connectivity index (χ3n) is 8.15. The Kier molecular flexibility index (Phi) is 11.1. The summed E-state index contributed by atoms with van der Waals surface area (Å²) in [6, 6.07) is 0. The average Bonchev–Trinajstić information content (AvgIpc) is 2.85. The number of ketones is 2. The van der Waals surface area contributed by atoms with E-state index < -0.39 is 29.3 Å². The molecule has 2 rings (SSSR count). The Labute approximate surface area is 234 Å². The van der Waals surface area contributed by atoms with Crippen molar-refractivity contribution in [1.29, 1.82) is 0 Å². The summed E-state index contributed by atoms with van der Waals surface area (Å²) in [6.07, 6.45) is 6.19. The first-order valence-corrected chi connectivity index (χ1v) is 14.1. The molecule has 6 heteroatoms. The normalized spacial score (nSPS) is 24.4. The van der Waals surface area contributed by atoms with E-state index in [0.29, 0.717) is 32.1 Å². The van der Waals surface area contributed by atoms with E-state index in [4.69, 9.17) is 9.47 Å². The van der Waals surface area contributed by atoms with Gasteiger partial charge in [0.15, 0.2) is 11.6 Å². The smallest absolute Gasteiger partial charge is 0.306 e. The van der Waals surface area contributed by atoms with Gasteiger partial charge in [-0.1, -0.05) is 55.7 Å². The molecule has 0 amide bonds. The van der Waals surface area contributed by atoms with Gasteiger partial charge in [-0.05, 0) is 73.1 Å². The number of esters is 1. The zero-order valence-corrected chi connectivity index (χ0v) is 25.4. The molecule has 6 nitrogen and oxygen atoms in total. The van der Waals surface area contributed by atoms with Crippen molar-refractivity contribution in [2.45, 2.75) is 100 Å². The summed E-state index contributed by atoms with van der Waals surface area (Å²) in [4.78, 5) is 41.0. The van der Waals surface area contributed by atoms with Crippen LogP contribution in [0, 0.1) is 23.2 Å². The topological polar surface area (TPSA) is 89.9 Å². The van der Waals surface area contributed by atoms with Crippen LogP contribution in [-0.2, 0) is 23.9 Å². The first-order chi connectivity index (χ1) is 18.2. The minimum absolute atomic E-state index is 0.0561. The number of methoxy groups -OCH3 is 1. The maximum absolute atomic E-state index is 14.8. The molecular weight excluding hydrogens is 492 g/mol. The molecule has 216 valence electrons. The van der Waals surface area contributed by atoms with Crippen LogP contribution in [0.3, 0.4) is 0 Å². The highest BCUT2D eigenvalue weighted by atomic mass is 16.5. The van der Waals surface area contributed by atoms with Crippen molar-refractivity contribution < 1.29 is 29.0 Å². The van der Waals surface area contributed by atoms with Crippen LogP contribution >= 0.6 is 0 Å². The van der Waals surface area contributed by atoms with E-state index in [1.165, 1.54) is 12.7 Å². The molecule has 0 bridgehead atoms. The third kappa shape index (κ3) is 7.01. The van der Waals surface area contributed by atoms with E-state index in [-0.39, 0.29) is 46.6 Å². The number of hydrogen-bond acceptors (Lipinski definition) is 6. The van der Waals surface area contributed by atoms with Gasteiger partial charge in [-0.2, -0.15) is 0 Å². The number of aliphatic hydroxyl groups excluding tert-OH is 1. The molecule has 0 fully saturated rings. The molecule has 39 heavy (non-hydrogen) atoms. The lowest BCUT2D eigenvalue weighted by atomic mass is 9.61. The molecule has 2 aliphatic rings. The van der Waals surface area contributed by atoms with Gasteiger partial charge in [-0.3, -0.25) is 14.4 Å². The summed E-state index contributed by atoms with van der Waals surface area (Å²) in [7, 11) is 1.31. The number of aliphatic hydroxyl groups is 1. The first-order valence-electron chi connectivity index (χ1n) is 14.1. The van der Waals surface area contributed by atoms with Gasteiger partial charge in [0.25, 0.3) is 0 Å². The summed E-state index contributed by atoms with van der Waals surface area (Å²) < 4.78 is 11.4. The fourth-order valence-electron chi connectivity index (χ4n) is 5.53. The van der Waals surface area contributed by atoms with Crippen LogP contribution in [0.1, 0.15) is 93.9 Å². The molecular formula is C33H48O6. The van der Waals surface area contributed by atoms with Crippen molar-refractivity contribution in [3.05, 3.63) is 58.1 Å². The minimum Gasteiger partial charge on any atom is -0.507 e. The number of Topliss-reactive ketones (excluding diaryl/α,β-unsaturated/α-hetero) is 2. The lowest BCUT2D eigenvalue weighted by Gasteiger charge is -2.45. The highest BCUT2D eigenvalue weighted by Crippen LogP contribution is 2.54. The second-order valence-corrected chi connectivity index (χ2v) is 11.9. The highest BCUT2D eigenvalue weighted by Gasteiger charge is 2.56. The van der Waals surface area contributed by atoms with Gasteiger partial charge in [-0.25, -0.2) is 0 Å². The SMILES string of the molecule is C=C(C)[C@H](CC=C(C)C)C[C@@]1(CC=C(C)C)C(=O)C([C@H](CCC)CC(=O)OC)=C(O)C2=C1O[C@H](C)[C@@H](C)C2=O. The van der Waals surface area contributed by atoms with Gasteiger partial charge in [0.2, 0.25) is 0 Å². The molecule has 0 spiro atoms. The van der Waals surface area contributed by atoms with Crippen LogP contribution in [0.15, 0.2) is 58.1 Å². The summed E-state index contributed by atoms with van der Waals surface area (Å²) in [5, 5.41) is 11.6. The van der Waals surface area contributed by atoms with Crippen molar-refractivity contribution in [1.82, 2.24) is 0 Å². The molecule has 1 aliphatic heterocycles. The molecule has 1 aliphatic carbocycles. The fraction of sp³-hybridized carbons (Fsp3) is 0.606. The summed E-state index contributed by atoms with van der Waals surface area (Å²) in [6.45, 7) is 19.8. The maximum atomic E-state index is 14.8. The summed E-state index contributed by atoms with van der Waals surface area (Å²) in [5.41, 5.74) is 2.14. The predicted molar refractivity (Wildman–Crippen MR) is 155 cm³/mol. The van der Waals surface area contributed by atoms with Gasteiger partial charge in [0.05, 0.1) is 30.4 Å². The van der Waals surface area contributed by atoms with Crippen molar-refractivity contribution in [2.24, 2.45) is 23.2 Å². The molecule has 5 atom stereocenters. The van der Waals surface area contributed by atoms with E-state index in [2.05, 4.69) is 12.7 Å². The van der Waals surface area contributed by atoms with Gasteiger partial charge < -0.3 is 14.6 Å². The Morgan fingerprint density at radius 3 is 2.26 bits per heavy atom. The van der Waals surface area contributed by atoms with Crippen molar-refractivity contribution in [2.75, 3.05) is 7.11 Å². The molecule has 1 heterocycles. The monoisotopic (exact) mass is 540 g/mol. The summed E-state index contributed by atoms with van der Waals surface area (Å²) >= 11 is 0. The van der Waals surface area contributed by atoms with E-state index >= 15 is 0 Å². The van der Waals surface area contributed by atoms with Crippen LogP contribution in [0.4, 0.5) is 0 Å². The third-order valence-corrected chi connectivity index (χ3v) is 8.15. The number of ether oxygens (including phenoxy) is 2. The molecule has 0 aromatic carbocycles. The Balaban J connectivity index is 2.94. The molecule has 0 saturated heterocycles. The van der Waals surface area contributed by atoms with Gasteiger partial charge in [-0.15, -0.1) is 0 Å². The Bertz CT molecular complexity index is 1110. The number of hydrogen-bond donors (Lipinski definition) is 1. The molecule has 0 unspecified atom stereocenters. The quantitative estimate of drug-likeness (QED) is 0.203. The number of carbonyl (C=O) groups is 3. The first kappa shape index (κ1) is 32.3. The van der Waals surface area contributed by atoms with Gasteiger partial charge >= 0.3 is 5.97 Å². The van der Waals surface area contributed by atoms with Gasteiger partial charge in [0.1, 0.15) is 17.6 Å². The lowest BCUT2D eigenvalue weighted by Crippen LogP contribution is -2.48. The Morgan fingerprint density at radius 1 is 1.13 bits per heavy atom. The van der Waals surface area contributed by atoms with Crippen molar-refractivity contribution in [3.8, 4) is 0 Å². The Hall–Kier alpha value is -2.89. The number of allylic oxidation sites excluding steroid dienone is 8. The zero-order chi connectivity index (χ0) is 29.7. The lowest BCUT2D eigenvalue weighted by molar-refractivity contribution is -0.141. The van der Waals surface area contributed by atoms with E-state index in [0.717, 1.165) is 11.1 Å². The van der Waals surface area contributed by atoms with Crippen LogP contribution < -0.4 is 0 Å². The van der Waals surface area contributed by atoms with E-state index in [9.17, 15) is 19.5 Å². The van der Waals surface area contributed by atoms with Crippen molar-refractivity contribution >= 4 is 17.5 Å². The average molecular weight is 541 g/mol. The Morgan fingerprint density at radius 2 is 1.74 bits per heavy atom. The van der Waals surface area contributed by atoms with Crippen LogP contribution in [-0.4, -0.2) is 35.9 Å². The van der Waals surface area contributed by atoms with Crippen LogP contribution in [0.2, 0.25) is 0 Å². The standard InChI is InChI=1S/C33H48O6/c1-11-12-24(17-26(34)38-10)27-30(36)28-29(35)22(8)23(9)39-32(28)33(31(27)37,16-15-20(4)5)18-25(21(6)7)14-13-19(2)3/h13,15,22-25,36H,6,11-12,14,16-18H2,1-5,7-10H3/t22-,23-,24-,25-,33+/m1/s1. The highest BCUT2D eigenvalue weighted by molar-refractivity contribution is 6.12. The fourth-order valence-corrected chi connectivity index (χ4v) is 5.53. The van der Waals surface area contributed by atoms with E-state index in [1.54, 1.807) is 6.92 Å². The predicted octanol–water partition coefficient (Wildman–Crippen LogP) is 7.52. The molecule has 0 radical (unpaired) electrons. The second-order valence-electron chi connectivity index (χ2n) is 11.9. The van der Waals surface area contributed by atoms with E-state index in [1.807, 2.05) is 54.5 Å². The molecule has 0 aromatic heterocycles. The second kappa shape index (κ2) is 13.5. The maximum Gasteiger partial charge on any atom is 0.306 e.